The molecule has 0 aromatic rings. The second-order valence-electron chi connectivity index (χ2n) is 4.83. The van der Waals surface area contributed by atoms with E-state index in [0.29, 0.717) is 0 Å². The minimum Gasteiger partial charge on any atom is -0.312 e. The first-order valence-electron chi connectivity index (χ1n) is 5.39. The van der Waals surface area contributed by atoms with Crippen LogP contribution in [-0.4, -0.2) is 37.1 Å². The van der Waals surface area contributed by atoms with E-state index in [1.54, 1.807) is 0 Å². The lowest BCUT2D eigenvalue weighted by Crippen LogP contribution is -2.37. The van der Waals surface area contributed by atoms with Crippen LogP contribution in [0.4, 0.5) is 0 Å². The number of rotatable bonds is 6. The minimum atomic E-state index is 0.267. The molecule has 13 heavy (non-hydrogen) atoms. The highest BCUT2D eigenvalue weighted by atomic mass is 15.1. The van der Waals surface area contributed by atoms with E-state index in [0.717, 1.165) is 6.54 Å². The van der Waals surface area contributed by atoms with Crippen LogP contribution < -0.4 is 5.32 Å². The Morgan fingerprint density at radius 1 is 1.15 bits per heavy atom. The molecule has 0 aromatic carbocycles. The molecule has 1 N–H and O–H groups in total. The number of hydrogen-bond acceptors (Lipinski definition) is 2. The van der Waals surface area contributed by atoms with Crippen molar-refractivity contribution < 1.29 is 0 Å². The predicted molar refractivity (Wildman–Crippen MR) is 60.2 cm³/mol. The molecule has 0 rings (SSSR count). The molecule has 0 bridgehead atoms. The molecule has 80 valence electrons. The Hall–Kier alpha value is -0.0800. The maximum absolute atomic E-state index is 3.49. The normalized spacial score (nSPS) is 12.5. The van der Waals surface area contributed by atoms with E-state index in [1.165, 1.54) is 25.9 Å². The molecule has 0 spiro atoms. The Morgan fingerprint density at radius 3 is 2.23 bits per heavy atom. The van der Waals surface area contributed by atoms with Gasteiger partial charge in [-0.05, 0) is 60.3 Å². The van der Waals surface area contributed by atoms with Gasteiger partial charge >= 0.3 is 0 Å². The molecule has 0 aliphatic rings. The number of nitrogens with one attached hydrogen (secondary N) is 1. The van der Waals surface area contributed by atoms with Gasteiger partial charge in [-0.15, -0.1) is 0 Å². The van der Waals surface area contributed by atoms with E-state index >= 15 is 0 Å². The first kappa shape index (κ1) is 12.9. The lowest BCUT2D eigenvalue weighted by molar-refractivity contribution is 0.317. The van der Waals surface area contributed by atoms with Crippen LogP contribution in [0.2, 0.25) is 0 Å². The Bertz CT molecular complexity index is 116. The molecule has 0 heterocycles. The van der Waals surface area contributed by atoms with Gasteiger partial charge in [0.25, 0.3) is 0 Å². The zero-order chi connectivity index (χ0) is 10.3. The topological polar surface area (TPSA) is 15.3 Å². The molecule has 2 nitrogen and oxygen atoms in total. The average Bonchev–Trinajstić information content (AvgIpc) is 1.97. The summed E-state index contributed by atoms with van der Waals surface area (Å²) in [6, 6.07) is 0. The first-order chi connectivity index (χ1) is 5.95. The fourth-order valence-electron chi connectivity index (χ4n) is 1.31. The van der Waals surface area contributed by atoms with Crippen LogP contribution in [0, 0.1) is 0 Å². The average molecular weight is 186 g/mol. The van der Waals surface area contributed by atoms with Crippen molar-refractivity contribution in [2.75, 3.05) is 26.7 Å². The first-order valence-corrected chi connectivity index (χ1v) is 5.39. The maximum Gasteiger partial charge on any atom is 0.00965 e. The van der Waals surface area contributed by atoms with Crippen LogP contribution in [0.1, 0.15) is 40.5 Å². The molecule has 2 heteroatoms. The van der Waals surface area contributed by atoms with Gasteiger partial charge in [0.1, 0.15) is 0 Å². The smallest absolute Gasteiger partial charge is 0.00965 e. The second kappa shape index (κ2) is 6.39. The molecule has 0 aromatic heterocycles. The van der Waals surface area contributed by atoms with Crippen LogP contribution in [0.5, 0.6) is 0 Å². The van der Waals surface area contributed by atoms with E-state index in [-0.39, 0.29) is 5.54 Å². The molecule has 0 aliphatic heterocycles. The van der Waals surface area contributed by atoms with E-state index < -0.39 is 0 Å². The Morgan fingerprint density at radius 2 is 1.77 bits per heavy atom. The van der Waals surface area contributed by atoms with Gasteiger partial charge in [0.15, 0.2) is 0 Å². The highest BCUT2D eigenvalue weighted by molar-refractivity contribution is 4.69. The molecule has 0 aliphatic carbocycles. The van der Waals surface area contributed by atoms with E-state index in [1.807, 2.05) is 0 Å². The summed E-state index contributed by atoms with van der Waals surface area (Å²) >= 11 is 0. The monoisotopic (exact) mass is 186 g/mol. The van der Waals surface area contributed by atoms with Gasteiger partial charge in [0.05, 0.1) is 0 Å². The fraction of sp³-hybridized carbons (Fsp3) is 1.00. The van der Waals surface area contributed by atoms with Crippen LogP contribution in [-0.2, 0) is 0 Å². The molecule has 0 saturated heterocycles. The Labute approximate surface area is 83.7 Å². The molecule has 0 atom stereocenters. The van der Waals surface area contributed by atoms with Crippen LogP contribution in [0.3, 0.4) is 0 Å². The van der Waals surface area contributed by atoms with Gasteiger partial charge < -0.3 is 10.2 Å². The summed E-state index contributed by atoms with van der Waals surface area (Å²) in [6.07, 6.45) is 2.50. The number of nitrogens with zero attached hydrogens (tertiary/aromatic N) is 1. The van der Waals surface area contributed by atoms with Crippen molar-refractivity contribution in [2.24, 2.45) is 0 Å². The van der Waals surface area contributed by atoms with Crippen molar-refractivity contribution in [3.8, 4) is 0 Å². The maximum atomic E-state index is 3.49. The van der Waals surface area contributed by atoms with E-state index in [4.69, 9.17) is 0 Å². The highest BCUT2D eigenvalue weighted by Crippen LogP contribution is 1.98. The minimum absolute atomic E-state index is 0.267. The van der Waals surface area contributed by atoms with Crippen molar-refractivity contribution in [1.82, 2.24) is 10.2 Å². The van der Waals surface area contributed by atoms with Crippen LogP contribution in [0.25, 0.3) is 0 Å². The molecule has 0 amide bonds. The third-order valence-corrected chi connectivity index (χ3v) is 1.98. The van der Waals surface area contributed by atoms with Crippen molar-refractivity contribution in [3.05, 3.63) is 0 Å². The standard InChI is InChI=1S/C11H26N2/c1-6-9-13(5)10-7-8-12-11(2,3)4/h12H,6-10H2,1-5H3. The molecule has 0 unspecified atom stereocenters. The molecule has 0 fully saturated rings. The second-order valence-corrected chi connectivity index (χ2v) is 4.83. The summed E-state index contributed by atoms with van der Waals surface area (Å²) in [5.74, 6) is 0. The lowest BCUT2D eigenvalue weighted by atomic mass is 10.1. The van der Waals surface area contributed by atoms with Crippen LogP contribution in [0.15, 0.2) is 0 Å². The quantitative estimate of drug-likeness (QED) is 0.639. The summed E-state index contributed by atoms with van der Waals surface area (Å²) in [5.41, 5.74) is 0.267. The molecular formula is C11H26N2. The van der Waals surface area contributed by atoms with Gasteiger partial charge in [0.2, 0.25) is 0 Å². The predicted octanol–water partition coefficient (Wildman–Crippen LogP) is 2.11. The van der Waals surface area contributed by atoms with E-state index in [2.05, 4.69) is 45.0 Å². The van der Waals surface area contributed by atoms with Gasteiger partial charge in [0, 0.05) is 5.54 Å². The fourth-order valence-corrected chi connectivity index (χ4v) is 1.31. The molecule has 0 saturated carbocycles. The lowest BCUT2D eigenvalue weighted by Gasteiger charge is -2.22. The van der Waals surface area contributed by atoms with Crippen molar-refractivity contribution in [3.63, 3.8) is 0 Å². The summed E-state index contributed by atoms with van der Waals surface area (Å²) in [7, 11) is 2.20. The third-order valence-electron chi connectivity index (χ3n) is 1.98. The zero-order valence-electron chi connectivity index (χ0n) is 9.98. The van der Waals surface area contributed by atoms with Gasteiger partial charge in [-0.25, -0.2) is 0 Å². The summed E-state index contributed by atoms with van der Waals surface area (Å²) < 4.78 is 0. The summed E-state index contributed by atoms with van der Waals surface area (Å²) in [5, 5.41) is 3.49. The Kier molecular flexibility index (Phi) is 6.35. The number of hydrogen-bond donors (Lipinski definition) is 1. The summed E-state index contributed by atoms with van der Waals surface area (Å²) in [6.45, 7) is 12.4. The van der Waals surface area contributed by atoms with E-state index in [9.17, 15) is 0 Å². The SMILES string of the molecule is CCCN(C)CCCNC(C)(C)C. The van der Waals surface area contributed by atoms with Crippen molar-refractivity contribution in [1.29, 1.82) is 0 Å². The molecule has 0 radical (unpaired) electrons. The zero-order valence-corrected chi connectivity index (χ0v) is 9.98. The van der Waals surface area contributed by atoms with Gasteiger partial charge in [-0.3, -0.25) is 0 Å². The largest absolute Gasteiger partial charge is 0.312 e. The van der Waals surface area contributed by atoms with Gasteiger partial charge in [-0.2, -0.15) is 0 Å². The Balaban J connectivity index is 3.25. The van der Waals surface area contributed by atoms with Crippen molar-refractivity contribution >= 4 is 0 Å². The molecular weight excluding hydrogens is 160 g/mol. The third kappa shape index (κ3) is 9.84. The highest BCUT2D eigenvalue weighted by Gasteiger charge is 2.07. The van der Waals surface area contributed by atoms with Crippen LogP contribution >= 0.6 is 0 Å². The van der Waals surface area contributed by atoms with Crippen molar-refractivity contribution in [2.45, 2.75) is 46.1 Å². The van der Waals surface area contributed by atoms with Gasteiger partial charge in [-0.1, -0.05) is 6.92 Å². The summed E-state index contributed by atoms with van der Waals surface area (Å²) in [4.78, 5) is 2.39.